The molecule has 7 nitrogen and oxygen atoms in total. The lowest BCUT2D eigenvalue weighted by molar-refractivity contribution is 0.411. The molecule has 3 aromatic rings. The summed E-state index contributed by atoms with van der Waals surface area (Å²) in [5, 5.41) is 5.77. The van der Waals surface area contributed by atoms with Gasteiger partial charge in [-0.15, -0.1) is 0 Å². The van der Waals surface area contributed by atoms with Gasteiger partial charge in [0.05, 0.1) is 32.7 Å². The molecule has 2 N–H and O–H groups in total. The van der Waals surface area contributed by atoms with Crippen LogP contribution in [0.15, 0.2) is 47.5 Å². The zero-order valence-electron chi connectivity index (χ0n) is 25.0. The van der Waals surface area contributed by atoms with Gasteiger partial charge in [0.25, 0.3) is 0 Å². The van der Waals surface area contributed by atoms with Crippen LogP contribution in [0, 0.1) is 6.92 Å². The van der Waals surface area contributed by atoms with Crippen molar-refractivity contribution in [2.75, 3.05) is 17.7 Å². The van der Waals surface area contributed by atoms with Crippen molar-refractivity contribution in [2.45, 2.75) is 82.3 Å². The van der Waals surface area contributed by atoms with Crippen molar-refractivity contribution < 1.29 is 17.3 Å². The third-order valence-corrected chi connectivity index (χ3v) is 9.29. The lowest BCUT2D eigenvalue weighted by Crippen LogP contribution is -2.16. The molecule has 0 radical (unpaired) electrons. The summed E-state index contributed by atoms with van der Waals surface area (Å²) in [5.41, 5.74) is 3.83. The molecule has 8 heteroatoms. The number of ether oxygens (including phenoxy) is 1. The summed E-state index contributed by atoms with van der Waals surface area (Å²) >= 11 is 0. The van der Waals surface area contributed by atoms with Crippen LogP contribution in [-0.2, 0) is 16.3 Å². The first-order valence-electron chi connectivity index (χ1n) is 14.5. The Morgan fingerprint density at radius 2 is 1.86 bits per heavy atom. The molecule has 0 unspecified atom stereocenters. The van der Waals surface area contributed by atoms with Crippen molar-refractivity contribution in [1.29, 1.82) is 0 Å². The van der Waals surface area contributed by atoms with Gasteiger partial charge in [0, 0.05) is 11.8 Å². The van der Waals surface area contributed by atoms with E-state index in [1.165, 1.54) is 6.42 Å². The number of rotatable bonds is 9. The van der Waals surface area contributed by atoms with Crippen molar-refractivity contribution in [3.63, 3.8) is 0 Å². The Morgan fingerprint density at radius 1 is 1.11 bits per heavy atom. The van der Waals surface area contributed by atoms with Crippen LogP contribution in [0.1, 0.15) is 79.6 Å². The van der Waals surface area contributed by atoms with Gasteiger partial charge in [-0.25, -0.2) is 13.4 Å². The Kier molecular flexibility index (Phi) is 7.16. The second-order valence-electron chi connectivity index (χ2n) is 9.90. The van der Waals surface area contributed by atoms with Gasteiger partial charge in [-0.05, 0) is 81.3 Å². The van der Waals surface area contributed by atoms with Crippen LogP contribution < -0.4 is 15.4 Å². The minimum Gasteiger partial charge on any atom is -0.495 e. The molecule has 198 valence electrons. The van der Waals surface area contributed by atoms with E-state index >= 15 is 0 Å². The predicted octanol–water partition coefficient (Wildman–Crippen LogP) is 7.07. The SMILES string of the molecule is [2H]C([2H])([2H])Oc1cc(C2CCCCC2)c(C)cc1Nc1ncc(CC)c(Nc2ccccc2S(=O)(=O)C(C)C)n1. The molecule has 0 amide bonds. The Labute approximate surface area is 225 Å². The van der Waals surface area contributed by atoms with Gasteiger partial charge >= 0.3 is 0 Å². The summed E-state index contributed by atoms with van der Waals surface area (Å²) in [7, 11) is -6.16. The topological polar surface area (TPSA) is 93.2 Å². The van der Waals surface area contributed by atoms with Gasteiger partial charge in [0.15, 0.2) is 9.84 Å². The van der Waals surface area contributed by atoms with Gasteiger partial charge in [0.1, 0.15) is 11.6 Å². The first-order chi connectivity index (χ1) is 18.9. The van der Waals surface area contributed by atoms with E-state index in [2.05, 4.69) is 20.6 Å². The number of anilines is 4. The summed E-state index contributed by atoms with van der Waals surface area (Å²) in [4.78, 5) is 9.30. The van der Waals surface area contributed by atoms with Crippen LogP contribution in [0.4, 0.5) is 23.1 Å². The molecule has 1 aromatic heterocycles. The number of aromatic nitrogens is 2. The van der Waals surface area contributed by atoms with E-state index in [1.54, 1.807) is 44.3 Å². The van der Waals surface area contributed by atoms with Crippen LogP contribution in [-0.4, -0.2) is 30.7 Å². The molecule has 0 saturated heterocycles. The number of hydrogen-bond donors (Lipinski definition) is 2. The molecule has 0 aliphatic heterocycles. The number of aryl methyl sites for hydroxylation is 2. The van der Waals surface area contributed by atoms with Gasteiger partial charge < -0.3 is 15.4 Å². The summed E-state index contributed by atoms with van der Waals surface area (Å²) in [6.45, 7) is 7.28. The van der Waals surface area contributed by atoms with E-state index in [1.807, 2.05) is 26.0 Å². The number of methoxy groups -OCH3 is 1. The van der Waals surface area contributed by atoms with Gasteiger partial charge in [-0.3, -0.25) is 0 Å². The summed E-state index contributed by atoms with van der Waals surface area (Å²) in [6, 6.07) is 10.5. The molecule has 1 heterocycles. The monoisotopic (exact) mass is 525 g/mol. The lowest BCUT2D eigenvalue weighted by Gasteiger charge is -2.25. The average molecular weight is 526 g/mol. The standard InChI is InChI=1S/C29H38N4O3S/c1-6-21-18-30-29(33-28(21)31-24-14-10-11-15-27(24)37(34,35)19(2)3)32-25-16-20(4)23(17-26(25)36-5)22-12-8-7-9-13-22/h10-11,14-19,22H,6-9,12-13H2,1-5H3,(H2,30,31,32,33)/i5D3. The third kappa shape index (κ3) is 5.90. The van der Waals surface area contributed by atoms with E-state index in [0.29, 0.717) is 29.5 Å². The van der Waals surface area contributed by atoms with Crippen LogP contribution >= 0.6 is 0 Å². The maximum atomic E-state index is 13.0. The van der Waals surface area contributed by atoms with Crippen LogP contribution in [0.2, 0.25) is 0 Å². The number of benzene rings is 2. The number of para-hydroxylation sites is 1. The fourth-order valence-corrected chi connectivity index (χ4v) is 6.09. The molecule has 4 rings (SSSR count). The Bertz CT molecular complexity index is 1450. The highest BCUT2D eigenvalue weighted by Crippen LogP contribution is 2.39. The van der Waals surface area contributed by atoms with Gasteiger partial charge in [-0.1, -0.05) is 38.3 Å². The first kappa shape index (κ1) is 23.0. The number of sulfone groups is 1. The molecule has 37 heavy (non-hydrogen) atoms. The van der Waals surface area contributed by atoms with Crippen molar-refractivity contribution in [2.24, 2.45) is 0 Å². The molecule has 1 saturated carbocycles. The number of nitrogens with one attached hydrogen (secondary N) is 2. The molecule has 2 aromatic carbocycles. The maximum absolute atomic E-state index is 13.0. The molecule has 1 aliphatic rings. The van der Waals surface area contributed by atoms with Crippen LogP contribution in [0.5, 0.6) is 5.75 Å². The first-order valence-corrected chi connectivity index (χ1v) is 14.5. The minimum atomic E-state index is -3.54. The average Bonchev–Trinajstić information content (AvgIpc) is 2.90. The smallest absolute Gasteiger partial charge is 0.229 e. The summed E-state index contributed by atoms with van der Waals surface area (Å²) in [5.74, 6) is 1.28. The van der Waals surface area contributed by atoms with Crippen molar-refractivity contribution in [3.05, 3.63) is 59.3 Å². The van der Waals surface area contributed by atoms with Crippen molar-refractivity contribution in [1.82, 2.24) is 9.97 Å². The molecule has 0 atom stereocenters. The summed E-state index contributed by atoms with van der Waals surface area (Å²) in [6.07, 6.45) is 7.98. The highest BCUT2D eigenvalue weighted by Gasteiger charge is 2.23. The molecular formula is C29H38N4O3S. The fourth-order valence-electron chi connectivity index (χ4n) is 4.89. The van der Waals surface area contributed by atoms with Gasteiger partial charge in [-0.2, -0.15) is 4.98 Å². The quantitative estimate of drug-likeness (QED) is 0.308. The number of hydrogen-bond acceptors (Lipinski definition) is 7. The second-order valence-corrected chi connectivity index (χ2v) is 12.4. The Morgan fingerprint density at radius 3 is 2.57 bits per heavy atom. The molecule has 0 spiro atoms. The fraction of sp³-hybridized carbons (Fsp3) is 0.448. The largest absolute Gasteiger partial charge is 0.495 e. The molecule has 1 fully saturated rings. The van der Waals surface area contributed by atoms with Gasteiger partial charge in [0.2, 0.25) is 5.95 Å². The van der Waals surface area contributed by atoms with Crippen molar-refractivity contribution >= 4 is 33.0 Å². The highest BCUT2D eigenvalue weighted by molar-refractivity contribution is 7.92. The van der Waals surface area contributed by atoms with E-state index in [9.17, 15) is 8.42 Å². The summed E-state index contributed by atoms with van der Waals surface area (Å²) < 4.78 is 54.6. The zero-order valence-corrected chi connectivity index (χ0v) is 22.8. The number of nitrogens with zero attached hydrogens (tertiary/aromatic N) is 2. The van der Waals surface area contributed by atoms with Crippen LogP contribution in [0.25, 0.3) is 0 Å². The zero-order chi connectivity index (χ0) is 29.1. The highest BCUT2D eigenvalue weighted by atomic mass is 32.2. The lowest BCUT2D eigenvalue weighted by atomic mass is 9.82. The van der Waals surface area contributed by atoms with Crippen LogP contribution in [0.3, 0.4) is 0 Å². The molecular weight excluding hydrogens is 484 g/mol. The molecule has 0 bridgehead atoms. The normalized spacial score (nSPS) is 16.1. The predicted molar refractivity (Wildman–Crippen MR) is 150 cm³/mol. The van der Waals surface area contributed by atoms with Crippen molar-refractivity contribution in [3.8, 4) is 5.75 Å². The minimum absolute atomic E-state index is 0.197. The van der Waals surface area contributed by atoms with E-state index in [-0.39, 0.29) is 16.6 Å². The third-order valence-electron chi connectivity index (χ3n) is 7.08. The van der Waals surface area contributed by atoms with E-state index < -0.39 is 22.1 Å². The maximum Gasteiger partial charge on any atom is 0.229 e. The van der Waals surface area contributed by atoms with E-state index in [0.717, 1.165) is 42.4 Å². The Hall–Kier alpha value is -3.13. The molecule has 1 aliphatic carbocycles. The van der Waals surface area contributed by atoms with E-state index in [4.69, 9.17) is 8.85 Å². The second kappa shape index (κ2) is 11.5. The Balaban J connectivity index is 1.71.